The van der Waals surface area contributed by atoms with Crippen LogP contribution >= 0.6 is 0 Å². The molecule has 200 valence electrons. The van der Waals surface area contributed by atoms with Crippen molar-refractivity contribution in [3.05, 3.63) is 59.3 Å². The largest absolute Gasteiger partial charge is 0.504 e. The van der Waals surface area contributed by atoms with E-state index in [0.717, 1.165) is 49.7 Å². The van der Waals surface area contributed by atoms with Crippen molar-refractivity contribution >= 4 is 11.5 Å². The molecule has 0 amide bonds. The highest BCUT2D eigenvalue weighted by molar-refractivity contribution is 5.63. The van der Waals surface area contributed by atoms with Crippen molar-refractivity contribution in [1.82, 2.24) is 39.6 Å². The molecule has 2 saturated heterocycles. The average Bonchev–Trinajstić information content (AvgIpc) is 3.60. The van der Waals surface area contributed by atoms with E-state index in [0.29, 0.717) is 23.0 Å². The molecule has 1 aromatic carbocycles. The topological polar surface area (TPSA) is 98.8 Å². The molecule has 2 aliphatic rings. The van der Waals surface area contributed by atoms with Gasteiger partial charge < -0.3 is 14.9 Å². The number of rotatable bonds is 4. The van der Waals surface area contributed by atoms with Crippen LogP contribution in [0.5, 0.6) is 5.75 Å². The smallest absolute Gasteiger partial charge is 0.253 e. The fraction of sp³-hybridized carbons (Fsp3) is 0.464. The first-order valence-corrected chi connectivity index (χ1v) is 13.4. The van der Waals surface area contributed by atoms with E-state index in [2.05, 4.69) is 83.4 Å². The molecule has 0 aliphatic carbocycles. The molecule has 0 radical (unpaired) electrons. The van der Waals surface area contributed by atoms with E-state index >= 15 is 0 Å². The maximum absolute atomic E-state index is 9.56. The summed E-state index contributed by atoms with van der Waals surface area (Å²) in [7, 11) is 2.18. The summed E-state index contributed by atoms with van der Waals surface area (Å²) in [4.78, 5) is 15.5. The highest BCUT2D eigenvalue weighted by Crippen LogP contribution is 2.24. The Morgan fingerprint density at radius 2 is 1.53 bits per heavy atom. The van der Waals surface area contributed by atoms with Crippen molar-refractivity contribution in [2.45, 2.75) is 40.2 Å². The number of piperazine rings is 1. The molecule has 0 saturated carbocycles. The van der Waals surface area contributed by atoms with Gasteiger partial charge in [0.1, 0.15) is 5.82 Å². The second-order valence-electron chi connectivity index (χ2n) is 10.2. The first kappa shape index (κ1) is 26.0. The lowest BCUT2D eigenvalue weighted by Gasteiger charge is -2.31. The molecule has 3 aromatic heterocycles. The highest BCUT2D eigenvalue weighted by atomic mass is 16.3. The highest BCUT2D eigenvalue weighted by Gasteiger charge is 2.15. The third kappa shape index (κ3) is 5.92. The Hall–Kier alpha value is -3.63. The van der Waals surface area contributed by atoms with Crippen molar-refractivity contribution in [2.24, 2.45) is 0 Å². The molecule has 10 nitrogen and oxygen atoms in total. The second-order valence-corrected chi connectivity index (χ2v) is 10.2. The van der Waals surface area contributed by atoms with E-state index in [1.165, 1.54) is 36.1 Å². The number of benzene rings is 1. The number of hydrogen-bond acceptors (Lipinski definition) is 9. The molecule has 2 fully saturated rings. The summed E-state index contributed by atoms with van der Waals surface area (Å²) in [6, 6.07) is 13.0. The Kier molecular flexibility index (Phi) is 7.80. The van der Waals surface area contributed by atoms with Crippen molar-refractivity contribution in [2.75, 3.05) is 51.2 Å². The van der Waals surface area contributed by atoms with Crippen molar-refractivity contribution in [3.63, 3.8) is 0 Å². The maximum Gasteiger partial charge on any atom is 0.253 e. The molecule has 0 spiro atoms. The number of aromatic nitrogens is 6. The summed E-state index contributed by atoms with van der Waals surface area (Å²) >= 11 is 0. The summed E-state index contributed by atoms with van der Waals surface area (Å²) < 4.78 is 1.54. The fourth-order valence-corrected chi connectivity index (χ4v) is 4.92. The zero-order chi connectivity index (χ0) is 26.6. The van der Waals surface area contributed by atoms with Crippen LogP contribution in [-0.4, -0.2) is 91.0 Å². The summed E-state index contributed by atoms with van der Waals surface area (Å²) in [5.41, 5.74) is 5.72. The van der Waals surface area contributed by atoms with E-state index in [1.54, 1.807) is 20.8 Å². The Morgan fingerprint density at radius 1 is 0.816 bits per heavy atom. The number of anilines is 1. The minimum atomic E-state index is 0.178. The van der Waals surface area contributed by atoms with Gasteiger partial charge in [0.2, 0.25) is 0 Å². The van der Waals surface area contributed by atoms with Gasteiger partial charge >= 0.3 is 0 Å². The van der Waals surface area contributed by atoms with Crippen molar-refractivity contribution in [3.8, 4) is 17.0 Å². The third-order valence-electron chi connectivity index (χ3n) is 7.30. The van der Waals surface area contributed by atoms with Crippen LogP contribution in [0.15, 0.2) is 36.4 Å². The van der Waals surface area contributed by atoms with Crippen LogP contribution in [0.1, 0.15) is 35.7 Å². The van der Waals surface area contributed by atoms with E-state index in [9.17, 15) is 5.11 Å². The van der Waals surface area contributed by atoms with Gasteiger partial charge in [0.05, 0.1) is 22.8 Å². The van der Waals surface area contributed by atoms with E-state index in [4.69, 9.17) is 0 Å². The molecular formula is C28H37N9O. The molecule has 38 heavy (non-hydrogen) atoms. The quantitative estimate of drug-likeness (QED) is 0.439. The molecule has 1 N–H and O–H groups in total. The Labute approximate surface area is 224 Å². The number of fused-ring (bicyclic) bond motifs is 1. The maximum atomic E-state index is 9.56. The Morgan fingerprint density at radius 3 is 2.18 bits per heavy atom. The van der Waals surface area contributed by atoms with Gasteiger partial charge in [-0.1, -0.05) is 12.1 Å². The van der Waals surface area contributed by atoms with E-state index in [1.807, 2.05) is 0 Å². The first-order valence-electron chi connectivity index (χ1n) is 13.4. The van der Waals surface area contributed by atoms with E-state index in [-0.39, 0.29) is 5.75 Å². The number of aromatic hydroxyl groups is 1. The van der Waals surface area contributed by atoms with Gasteiger partial charge in [-0.05, 0) is 64.9 Å². The van der Waals surface area contributed by atoms with Gasteiger partial charge in [0, 0.05) is 57.1 Å². The zero-order valence-electron chi connectivity index (χ0n) is 22.8. The number of aryl methyl sites for hydroxylation is 3. The minimum absolute atomic E-state index is 0.178. The number of hydrogen-bond donors (Lipinski definition) is 1. The van der Waals surface area contributed by atoms with Crippen molar-refractivity contribution in [1.29, 1.82) is 0 Å². The van der Waals surface area contributed by atoms with Gasteiger partial charge in [-0.2, -0.15) is 19.7 Å². The molecule has 0 bridgehead atoms. The lowest BCUT2D eigenvalue weighted by molar-refractivity contribution is 0.146. The predicted molar refractivity (Wildman–Crippen MR) is 148 cm³/mol. The molecule has 10 heteroatoms. The monoisotopic (exact) mass is 515 g/mol. The van der Waals surface area contributed by atoms with Crippen LogP contribution < -0.4 is 4.90 Å². The van der Waals surface area contributed by atoms with Crippen LogP contribution in [0.4, 0.5) is 5.69 Å². The molecule has 0 unspecified atom stereocenters. The van der Waals surface area contributed by atoms with Gasteiger partial charge in [0.25, 0.3) is 5.78 Å². The van der Waals surface area contributed by atoms with Crippen LogP contribution in [0.2, 0.25) is 0 Å². The lowest BCUT2D eigenvalue weighted by atomic mass is 10.1. The van der Waals surface area contributed by atoms with Gasteiger partial charge in [-0.15, -0.1) is 5.10 Å². The molecule has 4 aromatic rings. The predicted octanol–water partition coefficient (Wildman–Crippen LogP) is 3.25. The summed E-state index contributed by atoms with van der Waals surface area (Å²) in [6.07, 6.45) is 2.62. The molecule has 2 aliphatic heterocycles. The second kappa shape index (κ2) is 11.4. The average molecular weight is 516 g/mol. The van der Waals surface area contributed by atoms with Crippen LogP contribution in [-0.2, 0) is 6.54 Å². The van der Waals surface area contributed by atoms with Crippen LogP contribution in [0, 0.1) is 20.8 Å². The van der Waals surface area contributed by atoms with Crippen LogP contribution in [0.3, 0.4) is 0 Å². The first-order chi connectivity index (χ1) is 18.4. The van der Waals surface area contributed by atoms with E-state index < -0.39 is 0 Å². The van der Waals surface area contributed by atoms with Crippen molar-refractivity contribution < 1.29 is 5.11 Å². The Balaban J connectivity index is 0.000000190. The normalized spacial score (nSPS) is 16.6. The van der Waals surface area contributed by atoms with Gasteiger partial charge in [0.15, 0.2) is 5.75 Å². The number of likely N-dealkylation sites (N-methyl/N-ethyl adjacent to an activating group) is 1. The fourth-order valence-electron chi connectivity index (χ4n) is 4.92. The summed E-state index contributed by atoms with van der Waals surface area (Å²) in [5.74, 6) is 1.36. The van der Waals surface area contributed by atoms with Gasteiger partial charge in [-0.3, -0.25) is 4.90 Å². The molecule has 6 rings (SSSR count). The zero-order valence-corrected chi connectivity index (χ0v) is 22.8. The SMILES string of the molecule is CN1CCN(Cc2ccc(-c3ccc(N4CCCC4)cc3)nn2)CC1.Cc1nc2nc(C)c(O)c(C)n2n1. The third-order valence-corrected chi connectivity index (χ3v) is 7.30. The lowest BCUT2D eigenvalue weighted by Crippen LogP contribution is -2.44. The minimum Gasteiger partial charge on any atom is -0.504 e. The molecule has 0 atom stereocenters. The summed E-state index contributed by atoms with van der Waals surface area (Å²) in [5, 5.41) is 22.6. The van der Waals surface area contributed by atoms with Crippen LogP contribution in [0.25, 0.3) is 17.0 Å². The summed E-state index contributed by atoms with van der Waals surface area (Å²) in [6.45, 7) is 13.1. The number of nitrogens with zero attached hydrogens (tertiary/aromatic N) is 9. The molecule has 5 heterocycles. The molecular weight excluding hydrogens is 478 g/mol. The Bertz CT molecular complexity index is 1350. The standard InChI is InChI=1S/C20H27N5.C8H10N4O/c1-23-12-14-24(15-13-23)16-18-6-9-20(22-21-18)17-4-7-19(8-5-17)25-10-2-3-11-25;1-4-7(13)5(2)12-8(9-4)10-6(3)11-12/h4-9H,2-3,10-16H2,1H3;13H,1-3H3. The van der Waals surface area contributed by atoms with Gasteiger partial charge in [-0.25, -0.2) is 4.98 Å².